The van der Waals surface area contributed by atoms with Crippen molar-refractivity contribution in [3.05, 3.63) is 23.8 Å². The molecule has 2 saturated heterocycles. The smallest absolute Gasteiger partial charge is 0.193 e. The van der Waals surface area contributed by atoms with Crippen LogP contribution < -0.4 is 14.8 Å². The number of guanidine groups is 1. The Kier molecular flexibility index (Phi) is 12.4. The fourth-order valence-corrected chi connectivity index (χ4v) is 4.04. The first-order valence-electron chi connectivity index (χ1n) is 11.3. The number of nitrogens with zero attached hydrogens (tertiary/aromatic N) is 3. The number of aliphatic imine (C=N–C) groups is 1. The standard InChI is InChI=1S/C23H38N4O4.HI/c1-24-23(25-8-4-13-30-17-19-7-14-31-18-19)27-11-9-26(10-12-27)16-20-15-21(28-2)5-6-22(20)29-3;/h5-6,15,19H,4,7-14,16-18H2,1-3H3,(H,24,25);1H. The number of benzene rings is 1. The summed E-state index contributed by atoms with van der Waals surface area (Å²) >= 11 is 0. The van der Waals surface area contributed by atoms with E-state index in [1.807, 2.05) is 19.2 Å². The minimum absolute atomic E-state index is 0. The monoisotopic (exact) mass is 562 g/mol. The van der Waals surface area contributed by atoms with Crippen molar-refractivity contribution < 1.29 is 18.9 Å². The first-order valence-corrected chi connectivity index (χ1v) is 11.3. The predicted octanol–water partition coefficient (Wildman–Crippen LogP) is 2.46. The Hall–Kier alpha value is -1.30. The Labute approximate surface area is 209 Å². The van der Waals surface area contributed by atoms with Crippen molar-refractivity contribution in [3.8, 4) is 11.5 Å². The van der Waals surface area contributed by atoms with Crippen LogP contribution >= 0.6 is 24.0 Å². The van der Waals surface area contributed by atoms with Crippen molar-refractivity contribution in [1.82, 2.24) is 15.1 Å². The Morgan fingerprint density at radius 1 is 1.19 bits per heavy atom. The quantitative estimate of drug-likeness (QED) is 0.204. The Morgan fingerprint density at radius 2 is 2.00 bits per heavy atom. The van der Waals surface area contributed by atoms with Gasteiger partial charge in [-0.05, 0) is 31.0 Å². The van der Waals surface area contributed by atoms with E-state index in [0.29, 0.717) is 5.92 Å². The topological polar surface area (TPSA) is 67.8 Å². The maximum absolute atomic E-state index is 5.79. The molecule has 2 aliphatic rings. The van der Waals surface area contributed by atoms with Crippen molar-refractivity contribution in [2.75, 3.05) is 80.4 Å². The van der Waals surface area contributed by atoms with E-state index in [0.717, 1.165) is 102 Å². The lowest BCUT2D eigenvalue weighted by Crippen LogP contribution is -2.52. The van der Waals surface area contributed by atoms with E-state index >= 15 is 0 Å². The van der Waals surface area contributed by atoms with E-state index in [9.17, 15) is 0 Å². The number of piperazine rings is 1. The molecule has 32 heavy (non-hydrogen) atoms. The normalized spacial score (nSPS) is 19.5. The second-order valence-electron chi connectivity index (χ2n) is 8.07. The van der Waals surface area contributed by atoms with Crippen molar-refractivity contribution in [3.63, 3.8) is 0 Å². The molecule has 2 aliphatic heterocycles. The molecule has 0 amide bonds. The average Bonchev–Trinajstić information content (AvgIpc) is 3.33. The molecule has 2 heterocycles. The minimum atomic E-state index is 0. The van der Waals surface area contributed by atoms with Gasteiger partial charge in [-0.2, -0.15) is 0 Å². The van der Waals surface area contributed by atoms with Gasteiger partial charge in [-0.25, -0.2) is 0 Å². The van der Waals surface area contributed by atoms with Gasteiger partial charge in [0.15, 0.2) is 5.96 Å². The zero-order valence-electron chi connectivity index (χ0n) is 19.7. The van der Waals surface area contributed by atoms with Gasteiger partial charge in [0.2, 0.25) is 0 Å². The fourth-order valence-electron chi connectivity index (χ4n) is 4.04. The number of hydrogen-bond donors (Lipinski definition) is 1. The zero-order valence-corrected chi connectivity index (χ0v) is 22.0. The van der Waals surface area contributed by atoms with Crippen LogP contribution in [0.2, 0.25) is 0 Å². The highest BCUT2D eigenvalue weighted by atomic mass is 127. The van der Waals surface area contributed by atoms with Crippen molar-refractivity contribution >= 4 is 29.9 Å². The van der Waals surface area contributed by atoms with Crippen LogP contribution in [0.15, 0.2) is 23.2 Å². The molecule has 182 valence electrons. The summed E-state index contributed by atoms with van der Waals surface area (Å²) in [5, 5.41) is 3.48. The molecule has 2 fully saturated rings. The summed E-state index contributed by atoms with van der Waals surface area (Å²) in [5.41, 5.74) is 1.15. The van der Waals surface area contributed by atoms with Crippen molar-refractivity contribution in [2.24, 2.45) is 10.9 Å². The second-order valence-corrected chi connectivity index (χ2v) is 8.07. The van der Waals surface area contributed by atoms with Gasteiger partial charge < -0.3 is 29.2 Å². The Balaban J connectivity index is 0.00000363. The van der Waals surface area contributed by atoms with Crippen LogP contribution in [0.3, 0.4) is 0 Å². The fraction of sp³-hybridized carbons (Fsp3) is 0.696. The number of rotatable bonds is 10. The molecule has 1 aromatic rings. The molecular weight excluding hydrogens is 523 g/mol. The van der Waals surface area contributed by atoms with E-state index in [-0.39, 0.29) is 24.0 Å². The Bertz CT molecular complexity index is 693. The molecule has 1 atom stereocenters. The third kappa shape index (κ3) is 8.24. The summed E-state index contributed by atoms with van der Waals surface area (Å²) in [4.78, 5) is 9.25. The Morgan fingerprint density at radius 3 is 2.66 bits per heavy atom. The van der Waals surface area contributed by atoms with Crippen LogP contribution in [0.4, 0.5) is 0 Å². The molecule has 0 spiro atoms. The lowest BCUT2D eigenvalue weighted by Gasteiger charge is -2.36. The molecule has 3 rings (SSSR count). The summed E-state index contributed by atoms with van der Waals surface area (Å²) < 4.78 is 22.1. The van der Waals surface area contributed by atoms with E-state index in [4.69, 9.17) is 18.9 Å². The lowest BCUT2D eigenvalue weighted by molar-refractivity contribution is 0.0886. The van der Waals surface area contributed by atoms with Crippen LogP contribution in [0.5, 0.6) is 11.5 Å². The molecular formula is C23H39IN4O4. The highest BCUT2D eigenvalue weighted by molar-refractivity contribution is 14.0. The lowest BCUT2D eigenvalue weighted by atomic mass is 10.1. The summed E-state index contributed by atoms with van der Waals surface area (Å²) in [7, 11) is 5.26. The van der Waals surface area contributed by atoms with Crippen molar-refractivity contribution in [2.45, 2.75) is 19.4 Å². The van der Waals surface area contributed by atoms with Gasteiger partial charge in [0.05, 0.1) is 27.4 Å². The molecule has 0 bridgehead atoms. The molecule has 0 aliphatic carbocycles. The first-order chi connectivity index (χ1) is 15.2. The van der Waals surface area contributed by atoms with Crippen LogP contribution in [0, 0.1) is 5.92 Å². The highest BCUT2D eigenvalue weighted by Crippen LogP contribution is 2.25. The van der Waals surface area contributed by atoms with E-state index < -0.39 is 0 Å². The number of methoxy groups -OCH3 is 2. The molecule has 8 nitrogen and oxygen atoms in total. The summed E-state index contributed by atoms with van der Waals surface area (Å²) in [6.07, 6.45) is 2.10. The second kappa shape index (κ2) is 14.8. The number of hydrogen-bond acceptors (Lipinski definition) is 6. The van der Waals surface area contributed by atoms with Crippen molar-refractivity contribution in [1.29, 1.82) is 0 Å². The van der Waals surface area contributed by atoms with Gasteiger partial charge in [-0.1, -0.05) is 0 Å². The average molecular weight is 562 g/mol. The van der Waals surface area contributed by atoms with Crippen LogP contribution in [-0.2, 0) is 16.0 Å². The molecule has 0 radical (unpaired) electrons. The minimum Gasteiger partial charge on any atom is -0.497 e. The number of ether oxygens (including phenoxy) is 4. The third-order valence-electron chi connectivity index (χ3n) is 5.89. The third-order valence-corrected chi connectivity index (χ3v) is 5.89. The molecule has 1 N–H and O–H groups in total. The molecule has 9 heteroatoms. The maximum Gasteiger partial charge on any atom is 0.193 e. The summed E-state index contributed by atoms with van der Waals surface area (Å²) in [6.45, 7) is 8.90. The van der Waals surface area contributed by atoms with Gasteiger partial charge in [0.1, 0.15) is 11.5 Å². The van der Waals surface area contributed by atoms with Gasteiger partial charge in [-0.15, -0.1) is 24.0 Å². The summed E-state index contributed by atoms with van der Waals surface area (Å²) in [6, 6.07) is 5.97. The molecule has 0 aromatic heterocycles. The predicted molar refractivity (Wildman–Crippen MR) is 138 cm³/mol. The van der Waals surface area contributed by atoms with Crippen LogP contribution in [0.1, 0.15) is 18.4 Å². The van der Waals surface area contributed by atoms with Gasteiger partial charge in [0.25, 0.3) is 0 Å². The van der Waals surface area contributed by atoms with E-state index in [2.05, 4.69) is 26.2 Å². The SMILES string of the molecule is CN=C(NCCCOCC1CCOC1)N1CCN(Cc2cc(OC)ccc2OC)CC1.I. The van der Waals surface area contributed by atoms with E-state index in [1.54, 1.807) is 14.2 Å². The van der Waals surface area contributed by atoms with Gasteiger partial charge >= 0.3 is 0 Å². The first kappa shape index (κ1) is 26.9. The number of nitrogens with one attached hydrogen (secondary N) is 1. The van der Waals surface area contributed by atoms with Gasteiger partial charge in [-0.3, -0.25) is 9.89 Å². The maximum atomic E-state index is 5.79. The van der Waals surface area contributed by atoms with Crippen LogP contribution in [0.25, 0.3) is 0 Å². The zero-order chi connectivity index (χ0) is 21.9. The van der Waals surface area contributed by atoms with E-state index in [1.165, 1.54) is 0 Å². The van der Waals surface area contributed by atoms with Gasteiger partial charge in [0, 0.05) is 71.0 Å². The largest absolute Gasteiger partial charge is 0.497 e. The van der Waals surface area contributed by atoms with Crippen LogP contribution in [-0.4, -0.2) is 96.2 Å². The summed E-state index contributed by atoms with van der Waals surface area (Å²) in [5.74, 6) is 3.32. The highest BCUT2D eigenvalue weighted by Gasteiger charge is 2.21. The molecule has 1 aromatic carbocycles. The number of halogens is 1. The molecule has 0 saturated carbocycles. The molecule has 1 unspecified atom stereocenters.